The number of anilines is 1. The lowest BCUT2D eigenvalue weighted by molar-refractivity contribution is 0.0163. The maximum atomic E-state index is 5.76. The number of hydrogen-bond donors (Lipinski definition) is 1. The molecule has 0 saturated heterocycles. The summed E-state index contributed by atoms with van der Waals surface area (Å²) < 4.78 is 17.4. The summed E-state index contributed by atoms with van der Waals surface area (Å²) in [6.07, 6.45) is -0.142. The molecule has 2 rings (SSSR count). The van der Waals surface area contributed by atoms with Gasteiger partial charge in [0.1, 0.15) is 11.9 Å². The standard InChI is InChI=1S/C13H19N5O3/c1-19-8-10(20-2)7-18-13(15-16-17-18)11-5-4-9(14)6-12(11)21-3/h4-6,10H,7-8,14H2,1-3H3. The Balaban J connectivity index is 2.32. The minimum Gasteiger partial charge on any atom is -0.496 e. The second-order valence-corrected chi connectivity index (χ2v) is 4.46. The van der Waals surface area contributed by atoms with Crippen molar-refractivity contribution < 1.29 is 14.2 Å². The van der Waals surface area contributed by atoms with Crippen molar-refractivity contribution in [2.24, 2.45) is 0 Å². The molecule has 0 saturated carbocycles. The molecule has 0 radical (unpaired) electrons. The quantitative estimate of drug-likeness (QED) is 0.746. The van der Waals surface area contributed by atoms with Crippen molar-refractivity contribution >= 4 is 5.69 Å². The minimum absolute atomic E-state index is 0.142. The van der Waals surface area contributed by atoms with Crippen molar-refractivity contribution in [1.29, 1.82) is 0 Å². The number of hydrogen-bond acceptors (Lipinski definition) is 7. The topological polar surface area (TPSA) is 97.3 Å². The maximum Gasteiger partial charge on any atom is 0.185 e. The molecule has 8 nitrogen and oxygen atoms in total. The molecule has 21 heavy (non-hydrogen) atoms. The molecule has 1 unspecified atom stereocenters. The highest BCUT2D eigenvalue weighted by molar-refractivity contribution is 5.67. The Kier molecular flexibility index (Phi) is 5.07. The van der Waals surface area contributed by atoms with Gasteiger partial charge in [0, 0.05) is 26.0 Å². The van der Waals surface area contributed by atoms with Gasteiger partial charge >= 0.3 is 0 Å². The van der Waals surface area contributed by atoms with Crippen LogP contribution in [0.1, 0.15) is 0 Å². The molecule has 0 fully saturated rings. The SMILES string of the molecule is COCC(Cn1nnnc1-c1ccc(N)cc1OC)OC. The summed E-state index contributed by atoms with van der Waals surface area (Å²) in [5.41, 5.74) is 7.14. The van der Waals surface area contributed by atoms with Gasteiger partial charge in [-0.25, -0.2) is 4.68 Å². The summed E-state index contributed by atoms with van der Waals surface area (Å²) in [6.45, 7) is 0.925. The fourth-order valence-corrected chi connectivity index (χ4v) is 1.99. The van der Waals surface area contributed by atoms with Gasteiger partial charge in [0.25, 0.3) is 0 Å². The average molecular weight is 293 g/mol. The van der Waals surface area contributed by atoms with Crippen molar-refractivity contribution in [3.8, 4) is 17.1 Å². The fraction of sp³-hybridized carbons (Fsp3) is 0.462. The Morgan fingerprint density at radius 2 is 2.10 bits per heavy atom. The van der Waals surface area contributed by atoms with Crippen molar-refractivity contribution in [2.45, 2.75) is 12.6 Å². The average Bonchev–Trinajstić information content (AvgIpc) is 2.94. The summed E-state index contributed by atoms with van der Waals surface area (Å²) in [4.78, 5) is 0. The van der Waals surface area contributed by atoms with E-state index < -0.39 is 0 Å². The van der Waals surface area contributed by atoms with E-state index in [1.54, 1.807) is 38.1 Å². The van der Waals surface area contributed by atoms with Crippen molar-refractivity contribution in [2.75, 3.05) is 33.7 Å². The molecule has 1 heterocycles. The summed E-state index contributed by atoms with van der Waals surface area (Å²) in [5, 5.41) is 11.8. The van der Waals surface area contributed by atoms with Crippen LogP contribution in [-0.2, 0) is 16.0 Å². The Labute approximate surface area is 122 Å². The van der Waals surface area contributed by atoms with Crippen molar-refractivity contribution in [1.82, 2.24) is 20.2 Å². The van der Waals surface area contributed by atoms with Crippen LogP contribution in [0.3, 0.4) is 0 Å². The predicted octanol–water partition coefficient (Wildman–Crippen LogP) is 0.592. The van der Waals surface area contributed by atoms with Gasteiger partial charge in [0.05, 0.1) is 25.8 Å². The van der Waals surface area contributed by atoms with Gasteiger partial charge in [-0.3, -0.25) is 0 Å². The van der Waals surface area contributed by atoms with E-state index >= 15 is 0 Å². The number of tetrazole rings is 1. The van der Waals surface area contributed by atoms with Crippen LogP contribution in [0.4, 0.5) is 5.69 Å². The first-order valence-electron chi connectivity index (χ1n) is 6.41. The number of benzene rings is 1. The number of nitrogen functional groups attached to an aromatic ring is 1. The Morgan fingerprint density at radius 3 is 2.76 bits per heavy atom. The van der Waals surface area contributed by atoms with Crippen LogP contribution in [-0.4, -0.2) is 54.2 Å². The van der Waals surface area contributed by atoms with Crippen LogP contribution in [0.2, 0.25) is 0 Å². The summed E-state index contributed by atoms with van der Waals surface area (Å²) in [7, 11) is 4.82. The number of rotatable bonds is 7. The summed E-state index contributed by atoms with van der Waals surface area (Å²) >= 11 is 0. The van der Waals surface area contributed by atoms with Gasteiger partial charge in [-0.15, -0.1) is 5.10 Å². The predicted molar refractivity (Wildman–Crippen MR) is 76.9 cm³/mol. The minimum atomic E-state index is -0.142. The Hall–Kier alpha value is -2.19. The molecule has 0 bridgehead atoms. The number of nitrogens with two attached hydrogens (primary N) is 1. The number of nitrogens with zero attached hydrogens (tertiary/aromatic N) is 4. The van der Waals surface area contributed by atoms with Crippen LogP contribution in [0.15, 0.2) is 18.2 Å². The summed E-state index contributed by atoms with van der Waals surface area (Å²) in [6, 6.07) is 5.34. The van der Waals surface area contributed by atoms with Gasteiger partial charge in [-0.1, -0.05) is 0 Å². The Bertz CT molecular complexity index is 587. The van der Waals surface area contributed by atoms with Crippen molar-refractivity contribution in [3.05, 3.63) is 18.2 Å². The van der Waals surface area contributed by atoms with Gasteiger partial charge in [-0.05, 0) is 22.6 Å². The van der Waals surface area contributed by atoms with Gasteiger partial charge in [0.2, 0.25) is 0 Å². The largest absolute Gasteiger partial charge is 0.496 e. The van der Waals surface area contributed by atoms with E-state index in [4.69, 9.17) is 19.9 Å². The van der Waals surface area contributed by atoms with Crippen LogP contribution in [0.25, 0.3) is 11.4 Å². The first-order valence-corrected chi connectivity index (χ1v) is 6.41. The Morgan fingerprint density at radius 1 is 1.29 bits per heavy atom. The smallest absolute Gasteiger partial charge is 0.185 e. The van der Waals surface area contributed by atoms with Gasteiger partial charge < -0.3 is 19.9 Å². The molecule has 114 valence electrons. The third-order valence-electron chi connectivity index (χ3n) is 3.06. The van der Waals surface area contributed by atoms with Crippen LogP contribution >= 0.6 is 0 Å². The van der Waals surface area contributed by atoms with E-state index in [1.165, 1.54) is 0 Å². The number of methoxy groups -OCH3 is 3. The third-order valence-corrected chi connectivity index (χ3v) is 3.06. The molecule has 1 aromatic heterocycles. The lowest BCUT2D eigenvalue weighted by atomic mass is 10.1. The third kappa shape index (κ3) is 3.47. The molecule has 1 aromatic carbocycles. The second kappa shape index (κ2) is 7.00. The molecular weight excluding hydrogens is 274 g/mol. The number of aromatic nitrogens is 4. The monoisotopic (exact) mass is 293 g/mol. The highest BCUT2D eigenvalue weighted by atomic mass is 16.5. The molecule has 2 aromatic rings. The molecule has 0 amide bonds. The van der Waals surface area contributed by atoms with E-state index in [1.807, 2.05) is 6.07 Å². The first kappa shape index (κ1) is 15.2. The molecule has 0 aliphatic rings. The molecule has 0 aliphatic carbocycles. The fourth-order valence-electron chi connectivity index (χ4n) is 1.99. The van der Waals surface area contributed by atoms with E-state index in [0.717, 1.165) is 5.56 Å². The second-order valence-electron chi connectivity index (χ2n) is 4.46. The normalized spacial score (nSPS) is 12.3. The highest BCUT2D eigenvalue weighted by Gasteiger charge is 2.17. The molecule has 2 N–H and O–H groups in total. The molecular formula is C13H19N5O3. The molecule has 0 aliphatic heterocycles. The molecule has 8 heteroatoms. The molecule has 0 spiro atoms. The van der Waals surface area contributed by atoms with Crippen molar-refractivity contribution in [3.63, 3.8) is 0 Å². The first-order chi connectivity index (χ1) is 10.2. The van der Waals surface area contributed by atoms with Gasteiger partial charge in [-0.2, -0.15) is 0 Å². The molecule has 1 atom stereocenters. The maximum absolute atomic E-state index is 5.76. The lowest BCUT2D eigenvalue weighted by Crippen LogP contribution is -2.25. The zero-order chi connectivity index (χ0) is 15.2. The van der Waals surface area contributed by atoms with Gasteiger partial charge in [0.15, 0.2) is 5.82 Å². The zero-order valence-corrected chi connectivity index (χ0v) is 12.3. The van der Waals surface area contributed by atoms with E-state index in [2.05, 4.69) is 15.5 Å². The van der Waals surface area contributed by atoms with Crippen LogP contribution < -0.4 is 10.5 Å². The van der Waals surface area contributed by atoms with Crippen LogP contribution in [0, 0.1) is 0 Å². The van der Waals surface area contributed by atoms with E-state index in [9.17, 15) is 0 Å². The van der Waals surface area contributed by atoms with Crippen LogP contribution in [0.5, 0.6) is 5.75 Å². The zero-order valence-electron chi connectivity index (χ0n) is 12.3. The van der Waals surface area contributed by atoms with E-state index in [0.29, 0.717) is 30.4 Å². The van der Waals surface area contributed by atoms with E-state index in [-0.39, 0.29) is 6.10 Å². The number of ether oxygens (including phenoxy) is 3. The highest BCUT2D eigenvalue weighted by Crippen LogP contribution is 2.29. The summed E-state index contributed by atoms with van der Waals surface area (Å²) in [5.74, 6) is 1.21. The lowest BCUT2D eigenvalue weighted by Gasteiger charge is -2.15.